The van der Waals surface area contributed by atoms with Crippen molar-refractivity contribution in [3.63, 3.8) is 0 Å². The predicted molar refractivity (Wildman–Crippen MR) is 175 cm³/mol. The summed E-state index contributed by atoms with van der Waals surface area (Å²) < 4.78 is 23.5. The molecule has 0 saturated heterocycles. The molecule has 12 nitrogen and oxygen atoms in total. The number of benzene rings is 3. The van der Waals surface area contributed by atoms with Crippen molar-refractivity contribution in [1.82, 2.24) is 19.5 Å². The molecule has 0 aliphatic carbocycles. The average Bonchev–Trinajstić information content (AvgIpc) is 3.54. The number of carbonyl (C=O) groups is 2. The number of imidazole rings is 1. The van der Waals surface area contributed by atoms with Gasteiger partial charge in [0.25, 0.3) is 5.56 Å². The van der Waals surface area contributed by atoms with Crippen molar-refractivity contribution in [2.45, 2.75) is 45.1 Å². The first-order valence-corrected chi connectivity index (χ1v) is 15.3. The number of nitrogens with zero attached hydrogens (tertiary/aromatic N) is 3. The van der Waals surface area contributed by atoms with Crippen LogP contribution in [0.25, 0.3) is 11.2 Å². The van der Waals surface area contributed by atoms with E-state index in [0.717, 1.165) is 16.7 Å². The monoisotopic (exact) mass is 639 g/mol. The van der Waals surface area contributed by atoms with E-state index in [-0.39, 0.29) is 49.9 Å². The zero-order chi connectivity index (χ0) is 33.2. The summed E-state index contributed by atoms with van der Waals surface area (Å²) >= 11 is 0. The number of esters is 2. The number of fused-ring (bicyclic) bond motifs is 1. The Morgan fingerprint density at radius 3 is 1.94 bits per heavy atom. The lowest BCUT2D eigenvalue weighted by atomic mass is 9.77. The minimum absolute atomic E-state index is 0.106. The summed E-state index contributed by atoms with van der Waals surface area (Å²) in [4.78, 5) is 48.9. The number of rotatable bonds is 15. The van der Waals surface area contributed by atoms with Crippen molar-refractivity contribution in [2.75, 3.05) is 25.6 Å². The van der Waals surface area contributed by atoms with Crippen LogP contribution in [0.1, 0.15) is 43.4 Å². The molecule has 5 aromatic rings. The van der Waals surface area contributed by atoms with Gasteiger partial charge < -0.3 is 24.3 Å². The molecule has 5 rings (SSSR count). The number of H-pyrrole nitrogens is 1. The molecular formula is C35H37N5O7. The van der Waals surface area contributed by atoms with Crippen LogP contribution < -0.4 is 15.6 Å². The number of nitrogens with one attached hydrogen (secondary N) is 2. The smallest absolute Gasteiger partial charge is 0.305 e. The topological polar surface area (TPSA) is 147 Å². The first-order valence-electron chi connectivity index (χ1n) is 15.3. The van der Waals surface area contributed by atoms with Crippen molar-refractivity contribution in [3.05, 3.63) is 118 Å². The van der Waals surface area contributed by atoms with Gasteiger partial charge >= 0.3 is 11.9 Å². The van der Waals surface area contributed by atoms with Gasteiger partial charge in [-0.3, -0.25) is 23.9 Å². The van der Waals surface area contributed by atoms with Crippen LogP contribution in [0, 0.1) is 0 Å². The summed E-state index contributed by atoms with van der Waals surface area (Å²) in [5.41, 5.74) is 1.62. The molecule has 0 atom stereocenters. The van der Waals surface area contributed by atoms with Gasteiger partial charge in [-0.2, -0.15) is 4.98 Å². The van der Waals surface area contributed by atoms with Crippen molar-refractivity contribution >= 4 is 29.1 Å². The molecule has 2 aromatic heterocycles. The molecule has 0 bridgehead atoms. The fourth-order valence-corrected chi connectivity index (χ4v) is 5.12. The van der Waals surface area contributed by atoms with Crippen molar-refractivity contribution in [2.24, 2.45) is 0 Å². The van der Waals surface area contributed by atoms with Crippen molar-refractivity contribution < 1.29 is 28.5 Å². The van der Waals surface area contributed by atoms with Gasteiger partial charge in [0.15, 0.2) is 11.2 Å². The Kier molecular flexibility index (Phi) is 10.6. The minimum atomic E-state index is -0.989. The molecule has 244 valence electrons. The Bertz CT molecular complexity index is 1780. The van der Waals surface area contributed by atoms with Gasteiger partial charge in [-0.1, -0.05) is 86.6 Å². The predicted octanol–water partition coefficient (Wildman–Crippen LogP) is 4.78. The second kappa shape index (κ2) is 15.2. The molecule has 12 heteroatoms. The third-order valence-electron chi connectivity index (χ3n) is 7.60. The quantitative estimate of drug-likeness (QED) is 0.121. The fraction of sp³-hybridized carbons (Fsp3) is 0.286. The second-order valence-corrected chi connectivity index (χ2v) is 10.6. The molecule has 2 heterocycles. The number of ether oxygens (including phenoxy) is 4. The van der Waals surface area contributed by atoms with Crippen molar-refractivity contribution in [3.8, 4) is 5.75 Å². The van der Waals surface area contributed by atoms with E-state index in [1.165, 1.54) is 6.33 Å². The van der Waals surface area contributed by atoms with E-state index in [4.69, 9.17) is 23.9 Å². The van der Waals surface area contributed by atoms with Crippen LogP contribution in [0.4, 0.5) is 5.95 Å². The highest BCUT2D eigenvalue weighted by Crippen LogP contribution is 2.40. The van der Waals surface area contributed by atoms with Gasteiger partial charge in [-0.15, -0.1) is 0 Å². The Balaban J connectivity index is 1.53. The Morgan fingerprint density at radius 1 is 0.851 bits per heavy atom. The number of aromatic nitrogens is 4. The normalized spacial score (nSPS) is 11.4. The molecule has 3 aromatic carbocycles. The number of methoxy groups -OCH3 is 1. The van der Waals surface area contributed by atoms with Crippen LogP contribution in [0.15, 0.2) is 96.1 Å². The first kappa shape index (κ1) is 32.9. The Hall–Kier alpha value is -5.49. The highest BCUT2D eigenvalue weighted by atomic mass is 16.6. The summed E-state index contributed by atoms with van der Waals surface area (Å²) in [6.07, 6.45) is 1.08. The van der Waals surface area contributed by atoms with Gasteiger partial charge in [0.05, 0.1) is 13.4 Å². The molecule has 0 unspecified atom stereocenters. The minimum Gasteiger partial charge on any atom is -0.497 e. The van der Waals surface area contributed by atoms with E-state index in [1.54, 1.807) is 25.5 Å². The summed E-state index contributed by atoms with van der Waals surface area (Å²) in [5.74, 6) is 0.0788. The number of aromatic amines is 1. The van der Waals surface area contributed by atoms with Crippen LogP contribution >= 0.6 is 0 Å². The average molecular weight is 640 g/mol. The lowest BCUT2D eigenvalue weighted by Crippen LogP contribution is -2.39. The molecule has 0 aliphatic rings. The van der Waals surface area contributed by atoms with Crippen LogP contribution in [0.2, 0.25) is 0 Å². The van der Waals surface area contributed by atoms with Gasteiger partial charge in [0.1, 0.15) is 37.3 Å². The van der Waals surface area contributed by atoms with E-state index >= 15 is 0 Å². The van der Waals surface area contributed by atoms with Crippen molar-refractivity contribution in [1.29, 1.82) is 0 Å². The lowest BCUT2D eigenvalue weighted by molar-refractivity contribution is -0.157. The van der Waals surface area contributed by atoms with Gasteiger partial charge in [-0.25, -0.2) is 4.98 Å². The summed E-state index contributed by atoms with van der Waals surface area (Å²) in [6, 6.07) is 27.4. The van der Waals surface area contributed by atoms with Gasteiger partial charge in [0, 0.05) is 12.8 Å². The van der Waals surface area contributed by atoms with Gasteiger partial charge in [0.2, 0.25) is 5.95 Å². The van der Waals surface area contributed by atoms with Crippen LogP contribution in [0.3, 0.4) is 0 Å². The highest BCUT2D eigenvalue weighted by Gasteiger charge is 2.37. The van der Waals surface area contributed by atoms with E-state index in [9.17, 15) is 14.4 Å². The largest absolute Gasteiger partial charge is 0.497 e. The molecular weight excluding hydrogens is 602 g/mol. The zero-order valence-corrected chi connectivity index (χ0v) is 26.5. The summed E-state index contributed by atoms with van der Waals surface area (Å²) in [6.45, 7) is 3.03. The number of hydrogen-bond acceptors (Lipinski definition) is 10. The van der Waals surface area contributed by atoms with Crippen LogP contribution in [-0.4, -0.2) is 57.9 Å². The maximum absolute atomic E-state index is 13.4. The third-order valence-corrected chi connectivity index (χ3v) is 7.60. The standard InChI is InChI=1S/C35H37N5O7/c1-4-29(41)45-20-28(21-46-30(42)5-2)47-23-40-22-36-31-32(40)37-34(38-33(31)43)39-35(24-12-8-6-9-13-24,25-14-10-7-11-15-25)26-16-18-27(44-3)19-17-26/h6-19,22,28H,4-5,20-21,23H2,1-3H3,(H2,37,38,39,43). The first-order chi connectivity index (χ1) is 22.9. The molecule has 0 spiro atoms. The number of anilines is 1. The van der Waals surface area contributed by atoms with Gasteiger partial charge in [-0.05, 0) is 28.8 Å². The SMILES string of the molecule is CCC(=O)OCC(COC(=O)CC)OCn1cnc2c(=O)[nH]c(NC(c3ccccc3)(c3ccccc3)c3ccc(OC)cc3)nc21. The van der Waals surface area contributed by atoms with Crippen LogP contribution in [0.5, 0.6) is 5.75 Å². The molecule has 0 fully saturated rings. The molecule has 2 N–H and O–H groups in total. The summed E-state index contributed by atoms with van der Waals surface area (Å²) in [7, 11) is 1.61. The maximum Gasteiger partial charge on any atom is 0.305 e. The second-order valence-electron chi connectivity index (χ2n) is 10.6. The van der Waals surface area contributed by atoms with E-state index in [0.29, 0.717) is 5.75 Å². The molecule has 0 radical (unpaired) electrons. The Labute approximate surface area is 271 Å². The molecule has 47 heavy (non-hydrogen) atoms. The van der Waals surface area contributed by atoms with Crippen LogP contribution in [-0.2, 0) is 36.1 Å². The number of hydrogen-bond donors (Lipinski definition) is 2. The fourth-order valence-electron chi connectivity index (χ4n) is 5.12. The summed E-state index contributed by atoms with van der Waals surface area (Å²) in [5, 5.41) is 3.57. The molecule has 0 amide bonds. The van der Waals surface area contributed by atoms with E-state index in [1.807, 2.05) is 84.9 Å². The molecule has 0 saturated carbocycles. The van der Waals surface area contributed by atoms with E-state index < -0.39 is 29.1 Å². The zero-order valence-electron chi connectivity index (χ0n) is 26.5. The third kappa shape index (κ3) is 7.50. The molecule has 0 aliphatic heterocycles. The number of carbonyl (C=O) groups excluding carboxylic acids is 2. The van der Waals surface area contributed by atoms with E-state index in [2.05, 4.69) is 15.3 Å². The Morgan fingerprint density at radius 2 is 1.40 bits per heavy atom. The lowest BCUT2D eigenvalue weighted by Gasteiger charge is -2.37. The highest BCUT2D eigenvalue weighted by molar-refractivity contribution is 5.71. The maximum atomic E-state index is 13.4.